The third-order valence-electron chi connectivity index (χ3n) is 5.11. The molecule has 2 aliphatic heterocycles. The van der Waals surface area contributed by atoms with Crippen LogP contribution in [0.15, 0.2) is 58.5 Å². The Hall–Kier alpha value is -4.57. The Morgan fingerprint density at radius 1 is 1.03 bits per heavy atom. The number of carbonyl (C=O) groups is 4. The highest BCUT2D eigenvalue weighted by atomic mass is 35.5. The number of ether oxygens (including phenoxy) is 2. The van der Waals surface area contributed by atoms with Crippen molar-refractivity contribution in [1.82, 2.24) is 5.32 Å². The molecule has 0 radical (unpaired) electrons. The first kappa shape index (κ1) is 21.3. The maximum Gasteiger partial charge on any atom is 0.335 e. The van der Waals surface area contributed by atoms with Crippen molar-refractivity contribution in [1.29, 1.82) is 0 Å². The fraction of sp³-hybridized carbons (Fsp3) is 0.0435. The van der Waals surface area contributed by atoms with Gasteiger partial charge in [0.15, 0.2) is 11.5 Å². The number of imide groups is 2. The predicted molar refractivity (Wildman–Crippen MR) is 118 cm³/mol. The lowest BCUT2D eigenvalue weighted by molar-refractivity contribution is -0.122. The van der Waals surface area contributed by atoms with Gasteiger partial charge in [-0.15, -0.1) is 0 Å². The number of furan rings is 1. The number of benzene rings is 2. The number of nitrogens with zero attached hydrogens (tertiary/aromatic N) is 1. The summed E-state index contributed by atoms with van der Waals surface area (Å²) < 4.78 is 16.2. The number of fused-ring (bicyclic) bond motifs is 1. The molecule has 3 aromatic rings. The number of barbiturate groups is 1. The molecule has 34 heavy (non-hydrogen) atoms. The highest BCUT2D eigenvalue weighted by Gasteiger charge is 2.37. The number of nitrogens with one attached hydrogen (secondary N) is 1. The Bertz CT molecular complexity index is 1420. The number of urea groups is 1. The molecular weight excluding hydrogens is 468 g/mol. The Morgan fingerprint density at radius 2 is 1.82 bits per heavy atom. The monoisotopic (exact) mass is 480 g/mol. The summed E-state index contributed by atoms with van der Waals surface area (Å²) in [6.07, 6.45) is 1.18. The molecule has 2 aromatic carbocycles. The van der Waals surface area contributed by atoms with Crippen molar-refractivity contribution in [2.75, 3.05) is 11.7 Å². The molecule has 0 atom stereocenters. The van der Waals surface area contributed by atoms with Gasteiger partial charge in [-0.25, -0.2) is 14.5 Å². The average Bonchev–Trinajstić information content (AvgIpc) is 3.46. The van der Waals surface area contributed by atoms with Crippen LogP contribution in [-0.2, 0) is 9.59 Å². The number of halogens is 1. The molecule has 1 aromatic heterocycles. The van der Waals surface area contributed by atoms with Crippen LogP contribution in [0.25, 0.3) is 17.4 Å². The largest absolute Gasteiger partial charge is 0.478 e. The molecule has 3 heterocycles. The number of amides is 4. The van der Waals surface area contributed by atoms with Crippen LogP contribution in [0.2, 0.25) is 5.02 Å². The molecule has 11 heteroatoms. The van der Waals surface area contributed by atoms with Crippen molar-refractivity contribution in [2.45, 2.75) is 0 Å². The molecule has 1 fully saturated rings. The topological polar surface area (TPSA) is 135 Å². The fourth-order valence-corrected chi connectivity index (χ4v) is 3.69. The first-order valence-electron chi connectivity index (χ1n) is 9.76. The maximum absolute atomic E-state index is 13.1. The van der Waals surface area contributed by atoms with E-state index in [1.807, 2.05) is 0 Å². The fourth-order valence-electron chi connectivity index (χ4n) is 3.48. The second-order valence-corrected chi connectivity index (χ2v) is 7.60. The van der Waals surface area contributed by atoms with E-state index in [0.717, 1.165) is 4.90 Å². The van der Waals surface area contributed by atoms with Crippen molar-refractivity contribution >= 4 is 47.2 Å². The van der Waals surface area contributed by atoms with Crippen molar-refractivity contribution in [3.05, 3.63) is 70.5 Å². The Labute approximate surface area is 195 Å². The first-order valence-corrected chi connectivity index (χ1v) is 10.1. The lowest BCUT2D eigenvalue weighted by Gasteiger charge is -2.26. The molecule has 10 nitrogen and oxygen atoms in total. The molecule has 0 saturated carbocycles. The van der Waals surface area contributed by atoms with Gasteiger partial charge in [0.1, 0.15) is 17.1 Å². The highest BCUT2D eigenvalue weighted by molar-refractivity contribution is 6.39. The summed E-state index contributed by atoms with van der Waals surface area (Å²) in [6.45, 7) is 0.0167. The van der Waals surface area contributed by atoms with E-state index < -0.39 is 23.8 Å². The minimum Gasteiger partial charge on any atom is -0.478 e. The number of hydrogen-bond donors (Lipinski definition) is 2. The molecule has 2 aliphatic rings. The van der Waals surface area contributed by atoms with Crippen molar-refractivity contribution in [2.24, 2.45) is 0 Å². The van der Waals surface area contributed by atoms with Gasteiger partial charge in [0, 0.05) is 11.6 Å². The van der Waals surface area contributed by atoms with E-state index in [4.69, 9.17) is 25.5 Å². The lowest BCUT2D eigenvalue weighted by Crippen LogP contribution is -2.54. The summed E-state index contributed by atoms with van der Waals surface area (Å²) in [5.41, 5.74) is 0.171. The van der Waals surface area contributed by atoms with Gasteiger partial charge in [0.05, 0.1) is 16.3 Å². The van der Waals surface area contributed by atoms with Gasteiger partial charge < -0.3 is 19.0 Å². The summed E-state index contributed by atoms with van der Waals surface area (Å²) in [4.78, 5) is 50.0. The van der Waals surface area contributed by atoms with Gasteiger partial charge >= 0.3 is 12.0 Å². The molecule has 0 unspecified atom stereocenters. The molecule has 0 spiro atoms. The molecular formula is C23H13ClN2O8. The van der Waals surface area contributed by atoms with Crippen LogP contribution in [0.5, 0.6) is 11.5 Å². The number of rotatable bonds is 4. The number of carboxylic acids is 1. The Kier molecular flexibility index (Phi) is 5.06. The van der Waals surface area contributed by atoms with Gasteiger partial charge in [-0.3, -0.25) is 14.9 Å². The van der Waals surface area contributed by atoms with Crippen molar-refractivity contribution in [3.63, 3.8) is 0 Å². The standard InChI is InChI=1S/C23H13ClN2O8/c24-16-4-1-11(22(29)30)7-14(16)17-6-3-13(34-17)9-15-20(27)25-23(31)26(21(15)28)12-2-5-18-19(8-12)33-10-32-18/h1-9H,10H2,(H,29,30)(H,25,27,31). The van der Waals surface area contributed by atoms with Crippen LogP contribution < -0.4 is 19.7 Å². The molecule has 2 N–H and O–H groups in total. The van der Waals surface area contributed by atoms with E-state index in [1.165, 1.54) is 48.5 Å². The molecule has 5 rings (SSSR count). The number of aromatic carboxylic acids is 1. The van der Waals surface area contributed by atoms with Crippen LogP contribution in [0.1, 0.15) is 16.1 Å². The zero-order chi connectivity index (χ0) is 24.0. The summed E-state index contributed by atoms with van der Waals surface area (Å²) in [5, 5.41) is 11.6. The van der Waals surface area contributed by atoms with Gasteiger partial charge in [0.25, 0.3) is 11.8 Å². The minimum absolute atomic E-state index is 0.00965. The zero-order valence-electron chi connectivity index (χ0n) is 17.0. The van der Waals surface area contributed by atoms with Crippen molar-refractivity contribution < 1.29 is 38.2 Å². The van der Waals surface area contributed by atoms with Crippen LogP contribution >= 0.6 is 11.6 Å². The summed E-state index contributed by atoms with van der Waals surface area (Å²) in [7, 11) is 0. The van der Waals surface area contributed by atoms with E-state index in [9.17, 15) is 24.3 Å². The quantitative estimate of drug-likeness (QED) is 0.426. The minimum atomic E-state index is -1.13. The summed E-state index contributed by atoms with van der Waals surface area (Å²) in [6, 6.07) is 10.7. The van der Waals surface area contributed by atoms with Gasteiger partial charge in [-0.05, 0) is 48.5 Å². The predicted octanol–water partition coefficient (Wildman–Crippen LogP) is 3.69. The van der Waals surface area contributed by atoms with Crippen LogP contribution in [0, 0.1) is 0 Å². The van der Waals surface area contributed by atoms with E-state index in [1.54, 1.807) is 6.07 Å². The van der Waals surface area contributed by atoms with Crippen LogP contribution in [-0.4, -0.2) is 35.7 Å². The first-order chi connectivity index (χ1) is 16.3. The van der Waals surface area contributed by atoms with Crippen LogP contribution in [0.3, 0.4) is 0 Å². The van der Waals surface area contributed by atoms with Crippen LogP contribution in [0.4, 0.5) is 10.5 Å². The van der Waals surface area contributed by atoms with E-state index in [0.29, 0.717) is 17.1 Å². The lowest BCUT2D eigenvalue weighted by atomic mass is 10.1. The Balaban J connectivity index is 1.48. The Morgan fingerprint density at radius 3 is 2.62 bits per heavy atom. The second kappa shape index (κ2) is 8.09. The number of anilines is 1. The molecule has 4 amide bonds. The number of hydrogen-bond acceptors (Lipinski definition) is 7. The van der Waals surface area contributed by atoms with E-state index in [2.05, 4.69) is 5.32 Å². The van der Waals surface area contributed by atoms with Gasteiger partial charge in [-0.2, -0.15) is 0 Å². The van der Waals surface area contributed by atoms with E-state index in [-0.39, 0.29) is 40.2 Å². The highest BCUT2D eigenvalue weighted by Crippen LogP contribution is 2.36. The van der Waals surface area contributed by atoms with Gasteiger partial charge in [0.2, 0.25) is 6.79 Å². The molecule has 170 valence electrons. The molecule has 1 saturated heterocycles. The van der Waals surface area contributed by atoms with Crippen molar-refractivity contribution in [3.8, 4) is 22.8 Å². The van der Waals surface area contributed by atoms with E-state index >= 15 is 0 Å². The molecule has 0 aliphatic carbocycles. The summed E-state index contributed by atoms with van der Waals surface area (Å²) >= 11 is 6.18. The third kappa shape index (κ3) is 3.65. The second-order valence-electron chi connectivity index (χ2n) is 7.20. The average molecular weight is 481 g/mol. The third-order valence-corrected chi connectivity index (χ3v) is 5.44. The normalized spacial score (nSPS) is 16.2. The maximum atomic E-state index is 13.1. The van der Waals surface area contributed by atoms with Gasteiger partial charge in [-0.1, -0.05) is 11.6 Å². The zero-order valence-corrected chi connectivity index (χ0v) is 17.8. The smallest absolute Gasteiger partial charge is 0.335 e. The molecule has 0 bridgehead atoms. The summed E-state index contributed by atoms with van der Waals surface area (Å²) in [5.74, 6) is -1.72. The SMILES string of the molecule is O=C1NC(=O)N(c2ccc3c(c2)OCO3)C(=O)C1=Cc1ccc(-c2cc(C(=O)O)ccc2Cl)o1. The number of carbonyl (C=O) groups excluding carboxylic acids is 3. The number of carboxylic acid groups (broad SMARTS) is 1.